The van der Waals surface area contributed by atoms with E-state index in [9.17, 15) is 14.4 Å². The average Bonchev–Trinajstić information content (AvgIpc) is 2.37. The monoisotopic (exact) mass is 265 g/mol. The summed E-state index contributed by atoms with van der Waals surface area (Å²) in [5.74, 6) is -0.311. The van der Waals surface area contributed by atoms with E-state index in [1.54, 1.807) is 0 Å². The summed E-state index contributed by atoms with van der Waals surface area (Å²) in [6, 6.07) is 0. The van der Waals surface area contributed by atoms with E-state index >= 15 is 0 Å². The standard InChI is InChI=1S/C10H11N5O4/c1-4(16)19-3-5-8(17)7-9(15-14-5)12-6(2-11)13-10(7)18/h2-3,11H2,1H3,(H2,12,13,15,17,18). The molecule has 2 aromatic rings. The second kappa shape index (κ2) is 4.98. The Kier molecular flexibility index (Phi) is 3.38. The Hall–Kier alpha value is -2.55. The zero-order valence-electron chi connectivity index (χ0n) is 10.0. The van der Waals surface area contributed by atoms with Crippen LogP contribution in [0.4, 0.5) is 0 Å². The van der Waals surface area contributed by atoms with Crippen molar-refractivity contribution in [2.24, 2.45) is 5.73 Å². The summed E-state index contributed by atoms with van der Waals surface area (Å²) in [5, 5.41) is 6.02. The second-order valence-corrected chi connectivity index (χ2v) is 3.72. The molecule has 0 saturated carbocycles. The van der Waals surface area contributed by atoms with Gasteiger partial charge in [-0.05, 0) is 0 Å². The highest BCUT2D eigenvalue weighted by atomic mass is 16.5. The summed E-state index contributed by atoms with van der Waals surface area (Å²) in [5.41, 5.74) is 4.08. The summed E-state index contributed by atoms with van der Waals surface area (Å²) in [6.07, 6.45) is 0. The van der Waals surface area contributed by atoms with E-state index in [0.717, 1.165) is 0 Å². The molecule has 9 heteroatoms. The molecule has 100 valence electrons. The number of rotatable bonds is 3. The van der Waals surface area contributed by atoms with Gasteiger partial charge in [-0.3, -0.25) is 19.5 Å². The molecule has 0 aromatic carbocycles. The first-order chi connectivity index (χ1) is 9.02. The fraction of sp³-hybridized carbons (Fsp3) is 0.300. The summed E-state index contributed by atoms with van der Waals surface area (Å²) >= 11 is 0. The van der Waals surface area contributed by atoms with E-state index in [1.165, 1.54) is 6.92 Å². The third kappa shape index (κ3) is 2.50. The van der Waals surface area contributed by atoms with Gasteiger partial charge in [0, 0.05) is 6.92 Å². The van der Waals surface area contributed by atoms with Crippen LogP contribution in [0.15, 0.2) is 9.59 Å². The van der Waals surface area contributed by atoms with E-state index in [-0.39, 0.29) is 35.7 Å². The number of fused-ring (bicyclic) bond motifs is 1. The smallest absolute Gasteiger partial charge is 0.303 e. The predicted molar refractivity (Wildman–Crippen MR) is 64.1 cm³/mol. The maximum atomic E-state index is 12.0. The highest BCUT2D eigenvalue weighted by Gasteiger charge is 2.13. The Morgan fingerprint density at radius 2 is 2.16 bits per heavy atom. The van der Waals surface area contributed by atoms with Crippen LogP contribution in [0.1, 0.15) is 18.4 Å². The molecule has 0 amide bonds. The lowest BCUT2D eigenvalue weighted by molar-refractivity contribution is -0.142. The number of aromatic amines is 2. The van der Waals surface area contributed by atoms with Gasteiger partial charge in [-0.25, -0.2) is 4.98 Å². The van der Waals surface area contributed by atoms with Crippen LogP contribution in [-0.2, 0) is 22.7 Å². The zero-order chi connectivity index (χ0) is 14.0. The van der Waals surface area contributed by atoms with E-state index in [2.05, 4.69) is 24.9 Å². The fourth-order valence-electron chi connectivity index (χ4n) is 1.49. The molecule has 0 bridgehead atoms. The van der Waals surface area contributed by atoms with Crippen molar-refractivity contribution in [2.75, 3.05) is 0 Å². The summed E-state index contributed by atoms with van der Waals surface area (Å²) < 4.78 is 4.67. The quantitative estimate of drug-likeness (QED) is 0.574. The van der Waals surface area contributed by atoms with Crippen molar-refractivity contribution in [1.29, 1.82) is 0 Å². The van der Waals surface area contributed by atoms with Crippen LogP contribution < -0.4 is 16.7 Å². The van der Waals surface area contributed by atoms with Gasteiger partial charge in [0.2, 0.25) is 5.43 Å². The molecule has 0 atom stereocenters. The molecule has 0 spiro atoms. The molecular formula is C10H11N5O4. The van der Waals surface area contributed by atoms with Crippen LogP contribution in [0, 0.1) is 0 Å². The number of carbonyl (C=O) groups is 1. The van der Waals surface area contributed by atoms with E-state index in [4.69, 9.17) is 5.73 Å². The minimum atomic E-state index is -0.632. The maximum Gasteiger partial charge on any atom is 0.303 e. The van der Waals surface area contributed by atoms with Crippen molar-refractivity contribution in [2.45, 2.75) is 20.1 Å². The molecule has 4 N–H and O–H groups in total. The largest absolute Gasteiger partial charge is 0.459 e. The van der Waals surface area contributed by atoms with Gasteiger partial charge in [-0.15, -0.1) is 0 Å². The van der Waals surface area contributed by atoms with Crippen molar-refractivity contribution in [3.05, 3.63) is 32.1 Å². The number of ether oxygens (including phenoxy) is 1. The van der Waals surface area contributed by atoms with Crippen LogP contribution in [0.5, 0.6) is 0 Å². The first-order valence-corrected chi connectivity index (χ1v) is 5.36. The Bertz CT molecular complexity index is 748. The van der Waals surface area contributed by atoms with Gasteiger partial charge in [0.15, 0.2) is 5.65 Å². The van der Waals surface area contributed by atoms with Crippen molar-refractivity contribution in [3.8, 4) is 0 Å². The number of nitrogens with one attached hydrogen (secondary N) is 2. The third-order valence-corrected chi connectivity index (χ3v) is 2.36. The van der Waals surface area contributed by atoms with Crippen molar-refractivity contribution in [3.63, 3.8) is 0 Å². The van der Waals surface area contributed by atoms with Gasteiger partial charge >= 0.3 is 5.97 Å². The van der Waals surface area contributed by atoms with Crippen LogP contribution in [0.3, 0.4) is 0 Å². The molecule has 9 nitrogen and oxygen atoms in total. The zero-order valence-corrected chi connectivity index (χ0v) is 10.0. The molecular weight excluding hydrogens is 254 g/mol. The molecule has 19 heavy (non-hydrogen) atoms. The highest BCUT2D eigenvalue weighted by molar-refractivity contribution is 5.72. The van der Waals surface area contributed by atoms with Crippen molar-refractivity contribution >= 4 is 17.0 Å². The molecule has 0 radical (unpaired) electrons. The van der Waals surface area contributed by atoms with Gasteiger partial charge in [-0.2, -0.15) is 5.10 Å². The van der Waals surface area contributed by atoms with Crippen molar-refractivity contribution in [1.82, 2.24) is 20.2 Å². The minimum absolute atomic E-state index is 0.0302. The summed E-state index contributed by atoms with van der Waals surface area (Å²) in [7, 11) is 0. The molecule has 0 aliphatic heterocycles. The van der Waals surface area contributed by atoms with Crippen LogP contribution in [0.25, 0.3) is 11.0 Å². The second-order valence-electron chi connectivity index (χ2n) is 3.72. The number of nitrogens with two attached hydrogens (primary N) is 1. The average molecular weight is 265 g/mol. The number of hydrogen-bond donors (Lipinski definition) is 3. The number of carbonyl (C=O) groups excluding carboxylic acids is 1. The van der Waals surface area contributed by atoms with E-state index in [0.29, 0.717) is 0 Å². The molecule has 0 aliphatic rings. The minimum Gasteiger partial charge on any atom is -0.459 e. The van der Waals surface area contributed by atoms with Gasteiger partial charge in [0.05, 0.1) is 6.54 Å². The lowest BCUT2D eigenvalue weighted by Gasteiger charge is -2.03. The van der Waals surface area contributed by atoms with Gasteiger partial charge < -0.3 is 15.5 Å². The number of H-pyrrole nitrogens is 2. The Morgan fingerprint density at radius 3 is 2.79 bits per heavy atom. The van der Waals surface area contributed by atoms with Crippen LogP contribution in [-0.4, -0.2) is 26.1 Å². The van der Waals surface area contributed by atoms with Crippen molar-refractivity contribution < 1.29 is 9.53 Å². The Balaban J connectivity index is 2.59. The van der Waals surface area contributed by atoms with Gasteiger partial charge in [-0.1, -0.05) is 0 Å². The van der Waals surface area contributed by atoms with Crippen LogP contribution >= 0.6 is 0 Å². The third-order valence-electron chi connectivity index (χ3n) is 2.36. The Morgan fingerprint density at radius 1 is 1.42 bits per heavy atom. The number of aromatic nitrogens is 4. The molecule has 0 unspecified atom stereocenters. The first kappa shape index (κ1) is 12.9. The number of nitrogens with zero attached hydrogens (tertiary/aromatic N) is 2. The molecule has 0 fully saturated rings. The van der Waals surface area contributed by atoms with E-state index in [1.807, 2.05) is 0 Å². The van der Waals surface area contributed by atoms with Crippen LogP contribution in [0.2, 0.25) is 0 Å². The fourth-order valence-corrected chi connectivity index (χ4v) is 1.49. The van der Waals surface area contributed by atoms with Gasteiger partial charge in [0.25, 0.3) is 5.56 Å². The topological polar surface area (TPSA) is 144 Å². The Labute approximate surface area is 105 Å². The maximum absolute atomic E-state index is 12.0. The normalized spacial score (nSPS) is 10.6. The molecule has 2 rings (SSSR count). The molecule has 0 saturated heterocycles. The lowest BCUT2D eigenvalue weighted by atomic mass is 10.3. The molecule has 2 aromatic heterocycles. The SMILES string of the molecule is CC(=O)OCc1n[nH]c2nc(CN)[nH]c(=O)c2c1=O. The summed E-state index contributed by atoms with van der Waals surface area (Å²) in [6.45, 7) is 0.929. The number of hydrogen-bond acceptors (Lipinski definition) is 7. The predicted octanol–water partition coefficient (Wildman–Crippen LogP) is -1.47. The number of esters is 1. The van der Waals surface area contributed by atoms with E-state index < -0.39 is 17.0 Å². The molecule has 2 heterocycles. The lowest BCUT2D eigenvalue weighted by Crippen LogP contribution is -2.25. The van der Waals surface area contributed by atoms with Gasteiger partial charge in [0.1, 0.15) is 23.5 Å². The molecule has 0 aliphatic carbocycles. The summed E-state index contributed by atoms with van der Waals surface area (Å²) in [4.78, 5) is 40.8. The first-order valence-electron chi connectivity index (χ1n) is 5.36. The highest BCUT2D eigenvalue weighted by Crippen LogP contribution is 1.99.